The average Bonchev–Trinajstić information content (AvgIpc) is 2.81. The van der Waals surface area contributed by atoms with Gasteiger partial charge in [0, 0.05) is 17.3 Å². The van der Waals surface area contributed by atoms with Gasteiger partial charge < -0.3 is 5.32 Å². The van der Waals surface area contributed by atoms with Crippen molar-refractivity contribution in [1.29, 1.82) is 0 Å². The monoisotopic (exact) mass is 280 g/mol. The number of nitrogens with zero attached hydrogens (tertiary/aromatic N) is 1. The van der Waals surface area contributed by atoms with E-state index in [0.717, 1.165) is 18.9 Å². The van der Waals surface area contributed by atoms with Crippen LogP contribution in [0.4, 0.5) is 0 Å². The largest absolute Gasteiger partial charge is 0.314 e. The minimum absolute atomic E-state index is 0.480. The van der Waals surface area contributed by atoms with E-state index in [1.54, 1.807) is 0 Å². The molecule has 1 aliphatic rings. The van der Waals surface area contributed by atoms with Gasteiger partial charge in [0.2, 0.25) is 0 Å². The Hall–Kier alpha value is -0.410. The first-order valence-corrected chi connectivity index (χ1v) is 8.42. The van der Waals surface area contributed by atoms with Gasteiger partial charge in [-0.3, -0.25) is 0 Å². The smallest absolute Gasteiger partial charge is 0.0946 e. The first-order valence-electron chi connectivity index (χ1n) is 7.60. The van der Waals surface area contributed by atoms with E-state index in [4.69, 9.17) is 4.98 Å². The molecular formula is C16H28N2S. The number of hydrogen-bond acceptors (Lipinski definition) is 3. The van der Waals surface area contributed by atoms with E-state index in [-0.39, 0.29) is 0 Å². The topological polar surface area (TPSA) is 24.9 Å². The highest BCUT2D eigenvalue weighted by Gasteiger charge is 2.39. The molecule has 1 fully saturated rings. The van der Waals surface area contributed by atoms with Crippen LogP contribution in [0.2, 0.25) is 0 Å². The zero-order valence-corrected chi connectivity index (χ0v) is 13.9. The third kappa shape index (κ3) is 3.38. The number of thiazole rings is 1. The molecule has 2 unspecified atom stereocenters. The fourth-order valence-electron chi connectivity index (χ4n) is 3.53. The number of nitrogens with one attached hydrogen (secondary N) is 1. The Morgan fingerprint density at radius 3 is 2.63 bits per heavy atom. The highest BCUT2D eigenvalue weighted by Crippen LogP contribution is 2.45. The SMILES string of the molecule is CCNC(Cc1nc(C)c(C)s1)C1CCCC1(C)C. The summed E-state index contributed by atoms with van der Waals surface area (Å²) in [5.74, 6) is 0.789. The van der Waals surface area contributed by atoms with Crippen molar-refractivity contribution in [1.82, 2.24) is 10.3 Å². The van der Waals surface area contributed by atoms with Crippen molar-refractivity contribution in [2.75, 3.05) is 6.54 Å². The van der Waals surface area contributed by atoms with E-state index in [2.05, 4.69) is 39.9 Å². The zero-order chi connectivity index (χ0) is 14.0. The molecule has 0 saturated heterocycles. The summed E-state index contributed by atoms with van der Waals surface area (Å²) in [4.78, 5) is 6.10. The maximum atomic E-state index is 4.73. The number of aromatic nitrogens is 1. The molecule has 2 nitrogen and oxygen atoms in total. The molecule has 2 rings (SSSR count). The van der Waals surface area contributed by atoms with Gasteiger partial charge >= 0.3 is 0 Å². The average molecular weight is 280 g/mol. The minimum atomic E-state index is 0.480. The fourth-order valence-corrected chi connectivity index (χ4v) is 4.53. The Labute approximate surface area is 122 Å². The lowest BCUT2D eigenvalue weighted by molar-refractivity contribution is 0.197. The van der Waals surface area contributed by atoms with Gasteiger partial charge in [0.15, 0.2) is 0 Å². The second kappa shape index (κ2) is 5.92. The van der Waals surface area contributed by atoms with Crippen LogP contribution in [-0.4, -0.2) is 17.6 Å². The lowest BCUT2D eigenvalue weighted by atomic mass is 9.76. The van der Waals surface area contributed by atoms with Gasteiger partial charge in [-0.15, -0.1) is 11.3 Å². The molecule has 1 aromatic rings. The first kappa shape index (κ1) is 15.0. The van der Waals surface area contributed by atoms with Crippen molar-refractivity contribution >= 4 is 11.3 Å². The predicted molar refractivity (Wildman–Crippen MR) is 83.9 cm³/mol. The van der Waals surface area contributed by atoms with Gasteiger partial charge in [-0.05, 0) is 44.6 Å². The molecule has 0 spiro atoms. The summed E-state index contributed by atoms with van der Waals surface area (Å²) in [6.07, 6.45) is 5.22. The molecule has 1 N–H and O–H groups in total. The summed E-state index contributed by atoms with van der Waals surface area (Å²) in [6.45, 7) is 12.4. The van der Waals surface area contributed by atoms with Crippen LogP contribution in [0.3, 0.4) is 0 Å². The van der Waals surface area contributed by atoms with Crippen molar-refractivity contribution < 1.29 is 0 Å². The summed E-state index contributed by atoms with van der Waals surface area (Å²) >= 11 is 1.88. The number of rotatable bonds is 5. The summed E-state index contributed by atoms with van der Waals surface area (Å²) in [6, 6.07) is 0.590. The van der Waals surface area contributed by atoms with Gasteiger partial charge in [-0.25, -0.2) is 4.98 Å². The van der Waals surface area contributed by atoms with Crippen LogP contribution in [-0.2, 0) is 6.42 Å². The second-order valence-corrected chi connectivity index (χ2v) is 7.89. The van der Waals surface area contributed by atoms with Crippen molar-refractivity contribution in [2.45, 2.75) is 66.3 Å². The van der Waals surface area contributed by atoms with Crippen molar-refractivity contribution in [2.24, 2.45) is 11.3 Å². The van der Waals surface area contributed by atoms with E-state index in [1.165, 1.54) is 34.8 Å². The van der Waals surface area contributed by atoms with E-state index in [9.17, 15) is 0 Å². The van der Waals surface area contributed by atoms with Crippen molar-refractivity contribution in [3.05, 3.63) is 15.6 Å². The summed E-state index contributed by atoms with van der Waals surface area (Å²) in [5, 5.41) is 5.03. The maximum Gasteiger partial charge on any atom is 0.0946 e. The molecule has 1 saturated carbocycles. The van der Waals surface area contributed by atoms with Gasteiger partial charge in [-0.1, -0.05) is 27.2 Å². The van der Waals surface area contributed by atoms with Gasteiger partial charge in [0.05, 0.1) is 10.7 Å². The molecule has 1 aliphatic carbocycles. The second-order valence-electron chi connectivity index (χ2n) is 6.60. The van der Waals surface area contributed by atoms with Crippen LogP contribution in [0, 0.1) is 25.2 Å². The Bertz CT molecular complexity index is 403. The quantitative estimate of drug-likeness (QED) is 0.878. The van der Waals surface area contributed by atoms with Gasteiger partial charge in [-0.2, -0.15) is 0 Å². The Morgan fingerprint density at radius 2 is 2.16 bits per heavy atom. The van der Waals surface area contributed by atoms with Crippen LogP contribution in [0.15, 0.2) is 0 Å². The maximum absolute atomic E-state index is 4.73. The molecule has 0 aromatic carbocycles. The molecule has 108 valence electrons. The van der Waals surface area contributed by atoms with Crippen LogP contribution in [0.5, 0.6) is 0 Å². The van der Waals surface area contributed by atoms with Crippen LogP contribution in [0.1, 0.15) is 55.6 Å². The molecular weight excluding hydrogens is 252 g/mol. The Balaban J connectivity index is 2.12. The minimum Gasteiger partial charge on any atom is -0.314 e. The standard InChI is InChI=1S/C16H28N2S/c1-6-17-14(13-8-7-9-16(13,4)5)10-15-18-11(2)12(3)19-15/h13-14,17H,6-10H2,1-5H3. The summed E-state index contributed by atoms with van der Waals surface area (Å²) < 4.78 is 0. The zero-order valence-electron chi connectivity index (χ0n) is 13.0. The summed E-state index contributed by atoms with van der Waals surface area (Å²) in [7, 11) is 0. The molecule has 0 radical (unpaired) electrons. The van der Waals surface area contributed by atoms with E-state index in [1.807, 2.05) is 11.3 Å². The van der Waals surface area contributed by atoms with Crippen molar-refractivity contribution in [3.63, 3.8) is 0 Å². The van der Waals surface area contributed by atoms with E-state index >= 15 is 0 Å². The molecule has 1 aromatic heterocycles. The Morgan fingerprint density at radius 1 is 1.42 bits per heavy atom. The molecule has 3 heteroatoms. The first-order chi connectivity index (χ1) is 8.94. The fraction of sp³-hybridized carbons (Fsp3) is 0.812. The van der Waals surface area contributed by atoms with E-state index < -0.39 is 0 Å². The van der Waals surface area contributed by atoms with Crippen LogP contribution >= 0.6 is 11.3 Å². The number of likely N-dealkylation sites (N-methyl/N-ethyl adjacent to an activating group) is 1. The summed E-state index contributed by atoms with van der Waals surface area (Å²) in [5.41, 5.74) is 1.69. The van der Waals surface area contributed by atoms with Crippen molar-refractivity contribution in [3.8, 4) is 0 Å². The third-order valence-electron chi connectivity index (χ3n) is 4.76. The van der Waals surface area contributed by atoms with Gasteiger partial charge in [0.25, 0.3) is 0 Å². The highest BCUT2D eigenvalue weighted by atomic mass is 32.1. The number of hydrogen-bond donors (Lipinski definition) is 1. The lowest BCUT2D eigenvalue weighted by Gasteiger charge is -2.34. The third-order valence-corrected chi connectivity index (χ3v) is 5.85. The molecule has 1 heterocycles. The van der Waals surface area contributed by atoms with Crippen LogP contribution in [0.25, 0.3) is 0 Å². The predicted octanol–water partition coefficient (Wildman–Crippen LogP) is 4.11. The lowest BCUT2D eigenvalue weighted by Crippen LogP contribution is -2.42. The van der Waals surface area contributed by atoms with Crippen LogP contribution < -0.4 is 5.32 Å². The molecule has 2 atom stereocenters. The highest BCUT2D eigenvalue weighted by molar-refractivity contribution is 7.11. The molecule has 0 bridgehead atoms. The molecule has 0 aliphatic heterocycles. The Kier molecular flexibility index (Phi) is 4.67. The van der Waals surface area contributed by atoms with E-state index in [0.29, 0.717) is 11.5 Å². The molecule has 19 heavy (non-hydrogen) atoms. The normalized spacial score (nSPS) is 23.7. The molecule has 0 amide bonds. The number of aryl methyl sites for hydroxylation is 2. The van der Waals surface area contributed by atoms with Gasteiger partial charge in [0.1, 0.15) is 0 Å².